The highest BCUT2D eigenvalue weighted by molar-refractivity contribution is 5.72. The van der Waals surface area contributed by atoms with Crippen LogP contribution in [0.15, 0.2) is 17.0 Å². The Kier molecular flexibility index (Phi) is 2.79. The number of aliphatic carboxylic acids is 1. The molecule has 2 atom stereocenters. The third kappa shape index (κ3) is 2.10. The number of carboxylic acid groups (broad SMARTS) is 1. The fourth-order valence-electron chi connectivity index (χ4n) is 2.04. The Balaban J connectivity index is 1.79. The quantitative estimate of drug-likeness (QED) is 0.873. The van der Waals surface area contributed by atoms with Crippen LogP contribution >= 0.6 is 0 Å². The molecule has 2 aromatic heterocycles. The van der Waals surface area contributed by atoms with Crippen LogP contribution in [0.5, 0.6) is 0 Å². The molecule has 0 aliphatic carbocycles. The average molecular weight is 264 g/mol. The fourth-order valence-corrected chi connectivity index (χ4v) is 2.04. The van der Waals surface area contributed by atoms with Gasteiger partial charge in [0.1, 0.15) is 11.8 Å². The topological polar surface area (TPSA) is 103 Å². The summed E-state index contributed by atoms with van der Waals surface area (Å²) in [4.78, 5) is 19.0. The molecule has 0 aromatic carbocycles. The van der Waals surface area contributed by atoms with Crippen molar-refractivity contribution < 1.29 is 19.2 Å². The lowest BCUT2D eigenvalue weighted by Gasteiger charge is -2.05. The number of carbonyl (C=O) groups is 1. The number of imidazole rings is 1. The van der Waals surface area contributed by atoms with Crippen LogP contribution in [-0.4, -0.2) is 36.9 Å². The molecule has 1 saturated heterocycles. The van der Waals surface area contributed by atoms with Crippen LogP contribution in [0.3, 0.4) is 0 Å². The average Bonchev–Trinajstić information content (AvgIpc) is 3.07. The molecule has 8 heteroatoms. The molecule has 1 fully saturated rings. The summed E-state index contributed by atoms with van der Waals surface area (Å²) in [7, 11) is 1.82. The Labute approximate surface area is 108 Å². The highest BCUT2D eigenvalue weighted by Crippen LogP contribution is 2.32. The van der Waals surface area contributed by atoms with Crippen LogP contribution in [-0.2, 0) is 16.6 Å². The van der Waals surface area contributed by atoms with Crippen LogP contribution in [0.2, 0.25) is 0 Å². The lowest BCUT2D eigenvalue weighted by molar-refractivity contribution is -0.150. The molecule has 0 radical (unpaired) electrons. The maximum absolute atomic E-state index is 10.8. The zero-order chi connectivity index (χ0) is 13.4. The summed E-state index contributed by atoms with van der Waals surface area (Å²) < 4.78 is 12.3. The van der Waals surface area contributed by atoms with E-state index in [1.165, 1.54) is 0 Å². The van der Waals surface area contributed by atoms with Gasteiger partial charge in [0.15, 0.2) is 6.10 Å². The van der Waals surface area contributed by atoms with Crippen LogP contribution in [0.4, 0.5) is 0 Å². The molecule has 1 aliphatic heterocycles. The number of ether oxygens (including phenoxy) is 1. The first-order valence-corrected chi connectivity index (χ1v) is 5.83. The van der Waals surface area contributed by atoms with E-state index in [0.29, 0.717) is 24.6 Å². The molecular formula is C11H12N4O4. The van der Waals surface area contributed by atoms with Gasteiger partial charge in [-0.2, -0.15) is 4.98 Å². The summed E-state index contributed by atoms with van der Waals surface area (Å²) >= 11 is 0. The van der Waals surface area contributed by atoms with Gasteiger partial charge in [-0.3, -0.25) is 0 Å². The van der Waals surface area contributed by atoms with Gasteiger partial charge < -0.3 is 18.9 Å². The van der Waals surface area contributed by atoms with Crippen molar-refractivity contribution in [3.05, 3.63) is 18.4 Å². The van der Waals surface area contributed by atoms with E-state index in [0.717, 1.165) is 5.69 Å². The molecule has 1 aliphatic rings. The summed E-state index contributed by atoms with van der Waals surface area (Å²) in [5, 5.41) is 12.7. The van der Waals surface area contributed by atoms with Crippen molar-refractivity contribution >= 4 is 5.97 Å². The summed E-state index contributed by atoms with van der Waals surface area (Å²) in [5.74, 6) is -0.244. The summed E-state index contributed by atoms with van der Waals surface area (Å²) in [6.07, 6.45) is 3.03. The second-order valence-electron chi connectivity index (χ2n) is 4.37. The number of rotatable bonds is 3. The van der Waals surface area contributed by atoms with Crippen molar-refractivity contribution in [1.29, 1.82) is 0 Å². The van der Waals surface area contributed by atoms with E-state index < -0.39 is 18.2 Å². The Morgan fingerprint density at radius 1 is 1.53 bits per heavy atom. The van der Waals surface area contributed by atoms with Crippen molar-refractivity contribution in [1.82, 2.24) is 19.7 Å². The second kappa shape index (κ2) is 4.47. The lowest BCUT2D eigenvalue weighted by Crippen LogP contribution is -2.18. The molecule has 100 valence electrons. The summed E-state index contributed by atoms with van der Waals surface area (Å²) in [6, 6.07) is 0. The molecule has 0 saturated carbocycles. The van der Waals surface area contributed by atoms with E-state index in [1.807, 2.05) is 7.05 Å². The zero-order valence-corrected chi connectivity index (χ0v) is 10.2. The van der Waals surface area contributed by atoms with Crippen molar-refractivity contribution in [3.8, 4) is 11.5 Å². The molecule has 8 nitrogen and oxygen atoms in total. The smallest absolute Gasteiger partial charge is 0.332 e. The van der Waals surface area contributed by atoms with Crippen LogP contribution in [0.25, 0.3) is 11.5 Å². The Morgan fingerprint density at radius 2 is 2.37 bits per heavy atom. The molecule has 2 aromatic rings. The van der Waals surface area contributed by atoms with E-state index in [-0.39, 0.29) is 0 Å². The van der Waals surface area contributed by atoms with Crippen molar-refractivity contribution in [2.24, 2.45) is 7.05 Å². The predicted octanol–water partition coefficient (Wildman–Crippen LogP) is 0.775. The van der Waals surface area contributed by atoms with Crippen LogP contribution in [0, 0.1) is 0 Å². The monoisotopic (exact) mass is 264 g/mol. The first-order valence-electron chi connectivity index (χ1n) is 5.83. The van der Waals surface area contributed by atoms with Crippen molar-refractivity contribution in [2.45, 2.75) is 25.0 Å². The Bertz CT molecular complexity index is 605. The Morgan fingerprint density at radius 3 is 3.00 bits per heavy atom. The molecule has 1 N–H and O–H groups in total. The normalized spacial score (nSPS) is 22.8. The van der Waals surface area contributed by atoms with Crippen LogP contribution < -0.4 is 0 Å². The minimum Gasteiger partial charge on any atom is -0.479 e. The molecular weight excluding hydrogens is 252 g/mol. The second-order valence-corrected chi connectivity index (χ2v) is 4.37. The van der Waals surface area contributed by atoms with E-state index in [2.05, 4.69) is 15.1 Å². The molecule has 3 rings (SSSR count). The summed E-state index contributed by atoms with van der Waals surface area (Å²) in [6.45, 7) is 0. The number of carboxylic acids is 1. The highest BCUT2D eigenvalue weighted by atomic mass is 16.5. The predicted molar refractivity (Wildman–Crippen MR) is 61.0 cm³/mol. The minimum atomic E-state index is -0.964. The number of hydrogen-bond donors (Lipinski definition) is 1. The van der Waals surface area contributed by atoms with Crippen molar-refractivity contribution in [3.63, 3.8) is 0 Å². The third-order valence-electron chi connectivity index (χ3n) is 3.06. The van der Waals surface area contributed by atoms with Gasteiger partial charge in [-0.1, -0.05) is 5.16 Å². The molecule has 3 heterocycles. The van der Waals surface area contributed by atoms with E-state index >= 15 is 0 Å². The summed E-state index contributed by atoms with van der Waals surface area (Å²) in [5.41, 5.74) is 0.725. The lowest BCUT2D eigenvalue weighted by atomic mass is 10.2. The van der Waals surface area contributed by atoms with Gasteiger partial charge >= 0.3 is 5.97 Å². The number of aromatic nitrogens is 4. The molecule has 0 amide bonds. The highest BCUT2D eigenvalue weighted by Gasteiger charge is 2.34. The number of nitrogens with zero attached hydrogens (tertiary/aromatic N) is 4. The van der Waals surface area contributed by atoms with Gasteiger partial charge in [0.25, 0.3) is 5.89 Å². The van der Waals surface area contributed by atoms with Gasteiger partial charge in [-0.25, -0.2) is 9.78 Å². The van der Waals surface area contributed by atoms with Gasteiger partial charge in [0.05, 0.1) is 12.5 Å². The van der Waals surface area contributed by atoms with Gasteiger partial charge in [-0.05, 0) is 12.8 Å². The van der Waals surface area contributed by atoms with Gasteiger partial charge in [-0.15, -0.1) is 0 Å². The first kappa shape index (κ1) is 11.8. The van der Waals surface area contributed by atoms with Crippen molar-refractivity contribution in [2.75, 3.05) is 0 Å². The SMILES string of the molecule is Cn1cncc1-c1noc(C2CCC(C(=O)O)O2)n1. The van der Waals surface area contributed by atoms with E-state index in [4.69, 9.17) is 14.4 Å². The first-order chi connectivity index (χ1) is 9.15. The van der Waals surface area contributed by atoms with E-state index in [9.17, 15) is 4.79 Å². The zero-order valence-electron chi connectivity index (χ0n) is 10.2. The third-order valence-corrected chi connectivity index (χ3v) is 3.06. The molecule has 0 bridgehead atoms. The van der Waals surface area contributed by atoms with Gasteiger partial charge in [0, 0.05) is 7.05 Å². The maximum atomic E-state index is 10.8. The molecule has 2 unspecified atom stereocenters. The number of hydrogen-bond acceptors (Lipinski definition) is 6. The minimum absolute atomic E-state index is 0.306. The van der Waals surface area contributed by atoms with E-state index in [1.54, 1.807) is 17.1 Å². The van der Waals surface area contributed by atoms with Crippen LogP contribution in [0.1, 0.15) is 24.8 Å². The largest absolute Gasteiger partial charge is 0.479 e. The molecule has 19 heavy (non-hydrogen) atoms. The number of aryl methyl sites for hydroxylation is 1. The molecule has 0 spiro atoms. The maximum Gasteiger partial charge on any atom is 0.332 e. The van der Waals surface area contributed by atoms with Gasteiger partial charge in [0.2, 0.25) is 5.82 Å². The standard InChI is InChI=1S/C11H12N4O4/c1-15-5-12-4-6(15)9-13-10(19-14-9)7-2-3-8(18-7)11(16)17/h4-5,7-8H,2-3H2,1H3,(H,16,17). The Hall–Kier alpha value is -2.22. The fraction of sp³-hybridized carbons (Fsp3) is 0.455.